The largest absolute Gasteiger partial charge is 0.478 e. The molecule has 29 heavy (non-hydrogen) atoms. The zero-order valence-electron chi connectivity index (χ0n) is 18.1. The molecule has 1 saturated heterocycles. The Balaban J connectivity index is 1.57. The second-order valence-electron chi connectivity index (χ2n) is 9.11. The highest BCUT2D eigenvalue weighted by molar-refractivity contribution is 5.34. The maximum atomic E-state index is 12.0. The first-order chi connectivity index (χ1) is 14.1. The van der Waals surface area contributed by atoms with Crippen LogP contribution in [0.3, 0.4) is 0 Å². The molecule has 162 valence electrons. The molecule has 0 aromatic carbocycles. The number of nitrogens with zero attached hydrogens (tertiary/aromatic N) is 3. The van der Waals surface area contributed by atoms with Gasteiger partial charge in [-0.1, -0.05) is 25.7 Å². The highest BCUT2D eigenvalue weighted by atomic mass is 16.5. The standard InChI is InChI=1S/C23H37N3O3/c1-3-28-21-20(13-24-22(25-21)29-4-2)23(27)18-11-8-12-19(23)16-26(15-18)14-17-9-6-5-7-10-17/h13,17-19,27H,3-12,14-16H2,1-2H3/t18-,19-/m0/s1. The Labute approximate surface area is 175 Å². The molecule has 6 nitrogen and oxygen atoms in total. The van der Waals surface area contributed by atoms with Gasteiger partial charge in [-0.25, -0.2) is 4.98 Å². The molecule has 0 unspecified atom stereocenters. The molecule has 2 aliphatic carbocycles. The van der Waals surface area contributed by atoms with E-state index in [2.05, 4.69) is 14.9 Å². The third kappa shape index (κ3) is 4.24. The lowest BCUT2D eigenvalue weighted by Crippen LogP contribution is -2.59. The fourth-order valence-electron chi connectivity index (χ4n) is 5.94. The lowest BCUT2D eigenvalue weighted by atomic mass is 9.62. The fraction of sp³-hybridized carbons (Fsp3) is 0.826. The van der Waals surface area contributed by atoms with Crippen LogP contribution in [-0.4, -0.2) is 52.8 Å². The van der Waals surface area contributed by atoms with Crippen LogP contribution in [-0.2, 0) is 5.60 Å². The van der Waals surface area contributed by atoms with Crippen molar-refractivity contribution in [2.75, 3.05) is 32.8 Å². The third-order valence-electron chi connectivity index (χ3n) is 7.27. The molecule has 3 aliphatic rings. The number of ether oxygens (including phenoxy) is 2. The molecule has 6 heteroatoms. The van der Waals surface area contributed by atoms with Gasteiger partial charge in [0.05, 0.1) is 18.8 Å². The smallest absolute Gasteiger partial charge is 0.319 e. The Morgan fingerprint density at radius 1 is 1.00 bits per heavy atom. The van der Waals surface area contributed by atoms with E-state index >= 15 is 0 Å². The van der Waals surface area contributed by atoms with Crippen molar-refractivity contribution < 1.29 is 14.6 Å². The minimum atomic E-state index is -0.906. The van der Waals surface area contributed by atoms with Crippen LogP contribution in [0.4, 0.5) is 0 Å². The van der Waals surface area contributed by atoms with Crippen molar-refractivity contribution in [3.63, 3.8) is 0 Å². The SMILES string of the molecule is CCOc1ncc(C2(O)[C@H]3CCC[C@H]2CN(CC2CCCCC2)C3)c(OCC)n1. The number of piperidine rings is 1. The molecule has 0 amide bonds. The van der Waals surface area contributed by atoms with Gasteiger partial charge >= 0.3 is 6.01 Å². The second-order valence-corrected chi connectivity index (χ2v) is 9.11. The Bertz CT molecular complexity index is 663. The van der Waals surface area contributed by atoms with Crippen LogP contribution in [0.25, 0.3) is 0 Å². The van der Waals surface area contributed by atoms with Gasteiger partial charge in [0.2, 0.25) is 5.88 Å². The van der Waals surface area contributed by atoms with Crippen LogP contribution < -0.4 is 9.47 Å². The molecule has 1 aromatic heterocycles. The molecule has 1 aromatic rings. The van der Waals surface area contributed by atoms with Crippen molar-refractivity contribution in [2.24, 2.45) is 17.8 Å². The van der Waals surface area contributed by atoms with Gasteiger partial charge in [0.1, 0.15) is 5.60 Å². The number of rotatable bonds is 7. The normalized spacial score (nSPS) is 30.9. The van der Waals surface area contributed by atoms with Gasteiger partial charge in [-0.05, 0) is 45.4 Å². The van der Waals surface area contributed by atoms with E-state index in [4.69, 9.17) is 9.47 Å². The molecule has 2 bridgehead atoms. The summed E-state index contributed by atoms with van der Waals surface area (Å²) in [6.07, 6.45) is 12.0. The summed E-state index contributed by atoms with van der Waals surface area (Å²) in [7, 11) is 0. The van der Waals surface area contributed by atoms with E-state index < -0.39 is 5.60 Å². The maximum absolute atomic E-state index is 12.0. The van der Waals surface area contributed by atoms with E-state index in [9.17, 15) is 5.11 Å². The number of fused-ring (bicyclic) bond motifs is 2. The minimum absolute atomic E-state index is 0.208. The van der Waals surface area contributed by atoms with Gasteiger partial charge in [0, 0.05) is 37.7 Å². The van der Waals surface area contributed by atoms with E-state index in [-0.39, 0.29) is 11.8 Å². The van der Waals surface area contributed by atoms with Gasteiger partial charge < -0.3 is 19.5 Å². The highest BCUT2D eigenvalue weighted by Crippen LogP contribution is 2.51. The van der Waals surface area contributed by atoms with Crippen LogP contribution in [0.5, 0.6) is 11.9 Å². The minimum Gasteiger partial charge on any atom is -0.478 e. The van der Waals surface area contributed by atoms with Crippen LogP contribution in [0.2, 0.25) is 0 Å². The summed E-state index contributed by atoms with van der Waals surface area (Å²) in [6.45, 7) is 8.00. The van der Waals surface area contributed by atoms with E-state index in [1.807, 2.05) is 13.8 Å². The molecule has 2 heterocycles. The summed E-state index contributed by atoms with van der Waals surface area (Å²) >= 11 is 0. The van der Waals surface area contributed by atoms with E-state index in [1.165, 1.54) is 45.1 Å². The van der Waals surface area contributed by atoms with E-state index in [1.54, 1.807) is 6.20 Å². The number of aromatic nitrogens is 2. The quantitative estimate of drug-likeness (QED) is 0.747. The number of aliphatic hydroxyl groups is 1. The zero-order chi connectivity index (χ0) is 20.3. The topological polar surface area (TPSA) is 67.7 Å². The Hall–Kier alpha value is -1.40. The van der Waals surface area contributed by atoms with Gasteiger partial charge in [0.15, 0.2) is 0 Å². The summed E-state index contributed by atoms with van der Waals surface area (Å²) in [5.41, 5.74) is -0.147. The molecule has 2 atom stereocenters. The van der Waals surface area contributed by atoms with Crippen molar-refractivity contribution in [3.8, 4) is 11.9 Å². The number of likely N-dealkylation sites (tertiary alicyclic amines) is 1. The van der Waals surface area contributed by atoms with Crippen molar-refractivity contribution in [3.05, 3.63) is 11.8 Å². The van der Waals surface area contributed by atoms with Gasteiger partial charge in [-0.15, -0.1) is 0 Å². The molecule has 0 spiro atoms. The van der Waals surface area contributed by atoms with Crippen molar-refractivity contribution in [1.29, 1.82) is 0 Å². The Morgan fingerprint density at radius 3 is 2.34 bits per heavy atom. The van der Waals surface area contributed by atoms with Crippen LogP contribution >= 0.6 is 0 Å². The van der Waals surface area contributed by atoms with Crippen molar-refractivity contribution in [1.82, 2.24) is 14.9 Å². The van der Waals surface area contributed by atoms with Gasteiger partial charge in [-0.2, -0.15) is 4.98 Å². The summed E-state index contributed by atoms with van der Waals surface area (Å²) in [4.78, 5) is 11.5. The average Bonchev–Trinajstić information content (AvgIpc) is 2.70. The van der Waals surface area contributed by atoms with Gasteiger partial charge in [-0.3, -0.25) is 0 Å². The maximum Gasteiger partial charge on any atom is 0.319 e. The third-order valence-corrected chi connectivity index (χ3v) is 7.27. The van der Waals surface area contributed by atoms with Gasteiger partial charge in [0.25, 0.3) is 0 Å². The molecule has 1 aliphatic heterocycles. The highest BCUT2D eigenvalue weighted by Gasteiger charge is 2.53. The van der Waals surface area contributed by atoms with Crippen LogP contribution in [0.1, 0.15) is 70.8 Å². The summed E-state index contributed by atoms with van der Waals surface area (Å²) in [6, 6.07) is 0.322. The van der Waals surface area contributed by atoms with Crippen LogP contribution in [0, 0.1) is 17.8 Å². The Morgan fingerprint density at radius 2 is 1.69 bits per heavy atom. The zero-order valence-corrected chi connectivity index (χ0v) is 18.1. The fourth-order valence-corrected chi connectivity index (χ4v) is 5.94. The monoisotopic (exact) mass is 403 g/mol. The summed E-state index contributed by atoms with van der Waals surface area (Å²) in [5, 5.41) is 12.0. The number of hydrogen-bond donors (Lipinski definition) is 1. The molecular formula is C23H37N3O3. The van der Waals surface area contributed by atoms with Crippen molar-refractivity contribution in [2.45, 2.75) is 70.8 Å². The summed E-state index contributed by atoms with van der Waals surface area (Å²) in [5.74, 6) is 1.74. The predicted molar refractivity (Wildman–Crippen MR) is 112 cm³/mol. The molecular weight excluding hydrogens is 366 g/mol. The molecule has 1 N–H and O–H groups in total. The molecule has 3 fully saturated rings. The second kappa shape index (κ2) is 9.17. The molecule has 2 saturated carbocycles. The van der Waals surface area contributed by atoms with E-state index in [0.717, 1.165) is 37.4 Å². The van der Waals surface area contributed by atoms with Crippen molar-refractivity contribution >= 4 is 0 Å². The van der Waals surface area contributed by atoms with E-state index in [0.29, 0.717) is 25.1 Å². The first kappa shape index (κ1) is 20.9. The lowest BCUT2D eigenvalue weighted by Gasteiger charge is -2.53. The predicted octanol–water partition coefficient (Wildman–Crippen LogP) is 3.77. The first-order valence-corrected chi connectivity index (χ1v) is 11.7. The molecule has 4 rings (SSSR count). The first-order valence-electron chi connectivity index (χ1n) is 11.7. The summed E-state index contributed by atoms with van der Waals surface area (Å²) < 4.78 is 11.3. The van der Waals surface area contributed by atoms with Crippen LogP contribution in [0.15, 0.2) is 6.20 Å². The molecule has 0 radical (unpaired) electrons. The Kier molecular flexibility index (Phi) is 6.60. The number of hydrogen-bond acceptors (Lipinski definition) is 6. The average molecular weight is 404 g/mol. The lowest BCUT2D eigenvalue weighted by molar-refractivity contribution is -0.150.